The van der Waals surface area contributed by atoms with E-state index in [1.807, 2.05) is 0 Å². The van der Waals surface area contributed by atoms with E-state index < -0.39 is 6.61 Å². The van der Waals surface area contributed by atoms with E-state index in [4.69, 9.17) is 5.26 Å². The standard InChI is InChI=1S/C10H6BrF2NO2/c1-5(15)6-2-7(4-14)9(8(11)3-6)16-10(12)13/h2-3,10H,1H3. The molecule has 0 aliphatic heterocycles. The first-order valence-corrected chi connectivity index (χ1v) is 4.94. The Morgan fingerprint density at radius 1 is 1.56 bits per heavy atom. The Kier molecular flexibility index (Phi) is 3.96. The van der Waals surface area contributed by atoms with Gasteiger partial charge in [-0.25, -0.2) is 0 Å². The summed E-state index contributed by atoms with van der Waals surface area (Å²) in [5, 5.41) is 8.75. The van der Waals surface area contributed by atoms with Crippen LogP contribution in [0.15, 0.2) is 16.6 Å². The second kappa shape index (κ2) is 5.03. The van der Waals surface area contributed by atoms with Crippen LogP contribution in [0.4, 0.5) is 8.78 Å². The van der Waals surface area contributed by atoms with Gasteiger partial charge in [-0.2, -0.15) is 14.0 Å². The third-order valence-corrected chi connectivity index (χ3v) is 2.37. The molecule has 1 rings (SSSR count). The van der Waals surface area contributed by atoms with E-state index in [1.165, 1.54) is 19.1 Å². The number of alkyl halides is 2. The number of nitrogens with zero attached hydrogens (tertiary/aromatic N) is 1. The zero-order valence-electron chi connectivity index (χ0n) is 8.13. The number of hydrogen-bond acceptors (Lipinski definition) is 3. The summed E-state index contributed by atoms with van der Waals surface area (Å²) in [5.74, 6) is -0.525. The number of nitriles is 1. The SMILES string of the molecule is CC(=O)c1cc(Br)c(OC(F)F)c(C#N)c1. The van der Waals surface area contributed by atoms with Crippen LogP contribution < -0.4 is 4.74 Å². The molecule has 0 amide bonds. The van der Waals surface area contributed by atoms with Crippen molar-refractivity contribution in [2.75, 3.05) is 0 Å². The van der Waals surface area contributed by atoms with E-state index in [0.29, 0.717) is 0 Å². The van der Waals surface area contributed by atoms with Crippen LogP contribution in [0.1, 0.15) is 22.8 Å². The molecule has 0 aliphatic carbocycles. The molecule has 0 spiro atoms. The van der Waals surface area contributed by atoms with E-state index in [-0.39, 0.29) is 27.1 Å². The predicted molar refractivity (Wildman–Crippen MR) is 55.5 cm³/mol. The Balaban J connectivity index is 3.30. The number of carbonyl (C=O) groups excluding carboxylic acids is 1. The largest absolute Gasteiger partial charge is 0.432 e. The number of ketones is 1. The van der Waals surface area contributed by atoms with Crippen molar-refractivity contribution in [1.82, 2.24) is 0 Å². The summed E-state index contributed by atoms with van der Waals surface area (Å²) in [4.78, 5) is 11.1. The molecule has 0 saturated heterocycles. The zero-order valence-corrected chi connectivity index (χ0v) is 9.72. The van der Waals surface area contributed by atoms with Crippen LogP contribution in [0.2, 0.25) is 0 Å². The van der Waals surface area contributed by atoms with E-state index in [1.54, 1.807) is 6.07 Å². The van der Waals surface area contributed by atoms with Gasteiger partial charge in [0, 0.05) is 5.56 Å². The van der Waals surface area contributed by atoms with Crippen molar-refractivity contribution in [3.05, 3.63) is 27.7 Å². The minimum Gasteiger partial charge on any atom is -0.432 e. The topological polar surface area (TPSA) is 50.1 Å². The zero-order chi connectivity index (χ0) is 12.3. The minimum absolute atomic E-state index is 0.111. The third kappa shape index (κ3) is 2.76. The normalized spacial score (nSPS) is 10.0. The summed E-state index contributed by atoms with van der Waals surface area (Å²) in [6, 6.07) is 4.24. The fourth-order valence-electron chi connectivity index (χ4n) is 1.09. The van der Waals surface area contributed by atoms with Gasteiger partial charge in [0.25, 0.3) is 0 Å². The van der Waals surface area contributed by atoms with Gasteiger partial charge in [-0.05, 0) is 35.0 Å². The maximum atomic E-state index is 12.1. The number of hydrogen-bond donors (Lipinski definition) is 0. The summed E-state index contributed by atoms with van der Waals surface area (Å²) >= 11 is 2.97. The molecule has 0 fully saturated rings. The van der Waals surface area contributed by atoms with Crippen LogP contribution in [0.3, 0.4) is 0 Å². The Bertz CT molecular complexity index is 469. The molecule has 0 heterocycles. The molecule has 0 saturated carbocycles. The van der Waals surface area contributed by atoms with E-state index >= 15 is 0 Å². The first-order valence-electron chi connectivity index (χ1n) is 4.15. The quantitative estimate of drug-likeness (QED) is 0.804. The molecule has 1 aromatic rings. The van der Waals surface area contributed by atoms with Gasteiger partial charge in [0.05, 0.1) is 10.0 Å². The molecule has 0 aliphatic rings. The average molecular weight is 290 g/mol. The van der Waals surface area contributed by atoms with Gasteiger partial charge in [0.15, 0.2) is 11.5 Å². The highest BCUT2D eigenvalue weighted by molar-refractivity contribution is 9.10. The molecule has 84 valence electrons. The number of carbonyl (C=O) groups is 1. The van der Waals surface area contributed by atoms with Gasteiger partial charge in [-0.15, -0.1) is 0 Å². The van der Waals surface area contributed by atoms with Crippen molar-refractivity contribution < 1.29 is 18.3 Å². The molecule has 0 aromatic heterocycles. The minimum atomic E-state index is -3.02. The van der Waals surface area contributed by atoms with E-state index in [0.717, 1.165) is 0 Å². The second-order valence-corrected chi connectivity index (χ2v) is 3.74. The van der Waals surface area contributed by atoms with Gasteiger partial charge < -0.3 is 4.74 Å². The van der Waals surface area contributed by atoms with Crippen LogP contribution in [0, 0.1) is 11.3 Å². The van der Waals surface area contributed by atoms with E-state index in [2.05, 4.69) is 20.7 Å². The smallest absolute Gasteiger partial charge is 0.387 e. The lowest BCUT2D eigenvalue weighted by Gasteiger charge is -2.09. The van der Waals surface area contributed by atoms with Crippen molar-refractivity contribution in [3.63, 3.8) is 0 Å². The van der Waals surface area contributed by atoms with Gasteiger partial charge in [-0.3, -0.25) is 4.79 Å². The van der Waals surface area contributed by atoms with Gasteiger partial charge in [-0.1, -0.05) is 0 Å². The lowest BCUT2D eigenvalue weighted by atomic mass is 10.1. The summed E-state index contributed by atoms with van der Waals surface area (Å²) in [6.07, 6.45) is 0. The summed E-state index contributed by atoms with van der Waals surface area (Å²) < 4.78 is 28.5. The monoisotopic (exact) mass is 289 g/mol. The molecule has 1 aromatic carbocycles. The van der Waals surface area contributed by atoms with Crippen LogP contribution in [-0.2, 0) is 0 Å². The third-order valence-electron chi connectivity index (χ3n) is 1.78. The highest BCUT2D eigenvalue weighted by atomic mass is 79.9. The first kappa shape index (κ1) is 12.6. The van der Waals surface area contributed by atoms with Crippen LogP contribution in [0.25, 0.3) is 0 Å². The Morgan fingerprint density at radius 3 is 2.62 bits per heavy atom. The molecular formula is C10H6BrF2NO2. The van der Waals surface area contributed by atoms with Crippen LogP contribution in [0.5, 0.6) is 5.75 Å². The van der Waals surface area contributed by atoms with Crippen molar-refractivity contribution >= 4 is 21.7 Å². The maximum Gasteiger partial charge on any atom is 0.387 e. The fourth-order valence-corrected chi connectivity index (χ4v) is 1.64. The molecule has 0 atom stereocenters. The Morgan fingerprint density at radius 2 is 2.19 bits per heavy atom. The molecule has 0 radical (unpaired) electrons. The highest BCUT2D eigenvalue weighted by Crippen LogP contribution is 2.31. The molecule has 3 nitrogen and oxygen atoms in total. The number of benzene rings is 1. The second-order valence-electron chi connectivity index (χ2n) is 2.88. The molecule has 0 unspecified atom stereocenters. The molecule has 6 heteroatoms. The summed E-state index contributed by atoms with van der Waals surface area (Å²) in [6.45, 7) is -1.71. The van der Waals surface area contributed by atoms with E-state index in [9.17, 15) is 13.6 Å². The lowest BCUT2D eigenvalue weighted by Crippen LogP contribution is -2.05. The van der Waals surface area contributed by atoms with Gasteiger partial charge in [0.1, 0.15) is 6.07 Å². The fraction of sp³-hybridized carbons (Fsp3) is 0.200. The summed E-state index contributed by atoms with van der Waals surface area (Å²) in [7, 11) is 0. The molecule has 0 N–H and O–H groups in total. The Labute approximate surface area is 98.8 Å². The van der Waals surface area contributed by atoms with Crippen LogP contribution >= 0.6 is 15.9 Å². The predicted octanol–water partition coefficient (Wildman–Crippen LogP) is 3.12. The summed E-state index contributed by atoms with van der Waals surface area (Å²) in [5.41, 5.74) is 0.143. The molecule has 16 heavy (non-hydrogen) atoms. The first-order chi connectivity index (χ1) is 7.45. The van der Waals surface area contributed by atoms with Gasteiger partial charge >= 0.3 is 6.61 Å². The maximum absolute atomic E-state index is 12.1. The number of halogens is 3. The Hall–Kier alpha value is -1.48. The van der Waals surface area contributed by atoms with Crippen molar-refractivity contribution in [1.29, 1.82) is 5.26 Å². The number of ether oxygens (including phenoxy) is 1. The highest BCUT2D eigenvalue weighted by Gasteiger charge is 2.16. The van der Waals surface area contributed by atoms with Crippen molar-refractivity contribution in [3.8, 4) is 11.8 Å². The molecule has 0 bridgehead atoms. The lowest BCUT2D eigenvalue weighted by molar-refractivity contribution is -0.0505. The van der Waals surface area contributed by atoms with Crippen molar-refractivity contribution in [2.45, 2.75) is 13.5 Å². The number of rotatable bonds is 3. The molecular weight excluding hydrogens is 284 g/mol. The number of Topliss-reactive ketones (excluding diaryl/α,β-unsaturated/α-hetero) is 1. The average Bonchev–Trinajstić information content (AvgIpc) is 2.19. The van der Waals surface area contributed by atoms with Gasteiger partial charge in [0.2, 0.25) is 0 Å². The van der Waals surface area contributed by atoms with Crippen molar-refractivity contribution in [2.24, 2.45) is 0 Å². The van der Waals surface area contributed by atoms with Crippen LogP contribution in [-0.4, -0.2) is 12.4 Å².